The van der Waals surface area contributed by atoms with Gasteiger partial charge < -0.3 is 19.3 Å². The lowest BCUT2D eigenvalue weighted by Gasteiger charge is -2.41. The van der Waals surface area contributed by atoms with Crippen molar-refractivity contribution < 1.29 is 14.3 Å². The zero-order valence-electron chi connectivity index (χ0n) is 15.0. The molecular weight excluding hydrogens is 316 g/mol. The Kier molecular flexibility index (Phi) is 4.84. The van der Waals surface area contributed by atoms with E-state index in [2.05, 4.69) is 4.90 Å². The molecule has 0 bridgehead atoms. The van der Waals surface area contributed by atoms with Crippen LogP contribution in [-0.2, 0) is 4.79 Å². The van der Waals surface area contributed by atoms with E-state index in [-0.39, 0.29) is 12.0 Å². The molecule has 0 saturated carbocycles. The van der Waals surface area contributed by atoms with Crippen LogP contribution in [-0.4, -0.2) is 60.1 Å². The van der Waals surface area contributed by atoms with E-state index in [0.717, 1.165) is 31.7 Å². The first-order chi connectivity index (χ1) is 12.2. The molecule has 2 saturated heterocycles. The zero-order chi connectivity index (χ0) is 17.2. The zero-order valence-corrected chi connectivity index (χ0v) is 15.0. The molecule has 136 valence electrons. The minimum atomic E-state index is -0.540. The number of hydrogen-bond acceptors (Lipinski definition) is 4. The van der Waals surface area contributed by atoms with Crippen LogP contribution in [0, 0.1) is 0 Å². The second kappa shape index (κ2) is 7.24. The van der Waals surface area contributed by atoms with Crippen LogP contribution in [0.15, 0.2) is 24.3 Å². The molecule has 0 aliphatic carbocycles. The number of rotatable bonds is 2. The number of likely N-dealkylation sites (tertiary alicyclic amines) is 2. The number of carbonyl (C=O) groups is 1. The molecule has 0 aromatic heterocycles. The highest BCUT2D eigenvalue weighted by Crippen LogP contribution is 2.34. The molecule has 2 atom stereocenters. The van der Waals surface area contributed by atoms with Crippen LogP contribution in [0.1, 0.15) is 39.0 Å². The lowest BCUT2D eigenvalue weighted by atomic mass is 9.99. The fraction of sp³-hybridized carbons (Fsp3) is 0.650. The first-order valence-electron chi connectivity index (χ1n) is 9.67. The number of nitrogens with zero attached hydrogens (tertiary/aromatic N) is 2. The molecule has 1 aromatic rings. The average molecular weight is 344 g/mol. The number of hydrogen-bond donors (Lipinski definition) is 0. The summed E-state index contributed by atoms with van der Waals surface area (Å²) in [5, 5.41) is 0. The van der Waals surface area contributed by atoms with E-state index in [1.807, 2.05) is 36.1 Å². The minimum Gasteiger partial charge on any atom is -0.482 e. The fourth-order valence-electron chi connectivity index (χ4n) is 4.31. The van der Waals surface area contributed by atoms with Crippen molar-refractivity contribution in [2.75, 3.05) is 26.2 Å². The van der Waals surface area contributed by atoms with Gasteiger partial charge in [0.05, 0.1) is 0 Å². The Hall–Kier alpha value is -1.75. The van der Waals surface area contributed by atoms with Crippen molar-refractivity contribution in [3.05, 3.63) is 24.3 Å². The second-order valence-electron chi connectivity index (χ2n) is 7.46. The van der Waals surface area contributed by atoms with Crippen molar-refractivity contribution in [1.29, 1.82) is 0 Å². The summed E-state index contributed by atoms with van der Waals surface area (Å²) in [6.07, 6.45) is 5.36. The molecule has 25 heavy (non-hydrogen) atoms. The van der Waals surface area contributed by atoms with E-state index in [9.17, 15) is 4.79 Å². The molecule has 5 heteroatoms. The van der Waals surface area contributed by atoms with Crippen LogP contribution >= 0.6 is 0 Å². The third kappa shape index (κ3) is 3.47. The van der Waals surface area contributed by atoms with Crippen molar-refractivity contribution in [2.24, 2.45) is 0 Å². The average Bonchev–Trinajstić information content (AvgIpc) is 2.68. The normalized spacial score (nSPS) is 28.0. The topological polar surface area (TPSA) is 42.0 Å². The first kappa shape index (κ1) is 16.7. The molecular formula is C20H28N2O3. The monoisotopic (exact) mass is 344 g/mol. The summed E-state index contributed by atoms with van der Waals surface area (Å²) >= 11 is 0. The predicted octanol–water partition coefficient (Wildman–Crippen LogP) is 2.69. The van der Waals surface area contributed by atoms with Crippen molar-refractivity contribution in [3.63, 3.8) is 0 Å². The van der Waals surface area contributed by atoms with Gasteiger partial charge in [0.2, 0.25) is 6.10 Å². The van der Waals surface area contributed by atoms with Crippen molar-refractivity contribution in [3.8, 4) is 11.5 Å². The molecule has 0 N–H and O–H groups in total. The Morgan fingerprint density at radius 2 is 1.60 bits per heavy atom. The quantitative estimate of drug-likeness (QED) is 0.827. The Morgan fingerprint density at radius 1 is 0.960 bits per heavy atom. The summed E-state index contributed by atoms with van der Waals surface area (Å²) in [6.45, 7) is 6.03. The van der Waals surface area contributed by atoms with E-state index in [0.29, 0.717) is 11.8 Å². The standard InChI is InChI=1S/C20H28N2O3/c1-15-19(25-18-8-4-3-7-17(18)24-15)20(23)22-13-9-16(10-14-22)21-11-5-2-6-12-21/h3-4,7-8,15-16,19H,2,5-6,9-14H2,1H3/t15-,19-/m0/s1. The van der Waals surface area contributed by atoms with Crippen LogP contribution in [0.3, 0.4) is 0 Å². The number of fused-ring (bicyclic) bond motifs is 1. The van der Waals surface area contributed by atoms with Crippen LogP contribution in [0.4, 0.5) is 0 Å². The maximum Gasteiger partial charge on any atom is 0.267 e. The number of benzene rings is 1. The molecule has 0 radical (unpaired) electrons. The van der Waals surface area contributed by atoms with Gasteiger partial charge in [-0.15, -0.1) is 0 Å². The van der Waals surface area contributed by atoms with Gasteiger partial charge in [-0.25, -0.2) is 0 Å². The van der Waals surface area contributed by atoms with E-state index in [1.165, 1.54) is 32.4 Å². The summed E-state index contributed by atoms with van der Waals surface area (Å²) in [5.74, 6) is 1.46. The lowest BCUT2D eigenvalue weighted by molar-refractivity contribution is -0.146. The van der Waals surface area contributed by atoms with E-state index >= 15 is 0 Å². The van der Waals surface area contributed by atoms with Gasteiger partial charge in [-0.1, -0.05) is 18.6 Å². The van der Waals surface area contributed by atoms with Gasteiger partial charge in [0.15, 0.2) is 11.5 Å². The summed E-state index contributed by atoms with van der Waals surface area (Å²) in [5.41, 5.74) is 0. The highest BCUT2D eigenvalue weighted by Gasteiger charge is 2.38. The van der Waals surface area contributed by atoms with E-state index in [4.69, 9.17) is 9.47 Å². The maximum atomic E-state index is 13.0. The number of para-hydroxylation sites is 2. The summed E-state index contributed by atoms with van der Waals surface area (Å²) < 4.78 is 11.9. The van der Waals surface area contributed by atoms with Gasteiger partial charge in [0.25, 0.3) is 5.91 Å². The molecule has 3 aliphatic heterocycles. The SMILES string of the molecule is C[C@@H]1Oc2ccccc2O[C@@H]1C(=O)N1CCC(N2CCCCC2)CC1. The number of piperidine rings is 2. The van der Waals surface area contributed by atoms with Crippen molar-refractivity contribution >= 4 is 5.91 Å². The third-order valence-corrected chi connectivity index (χ3v) is 5.77. The largest absolute Gasteiger partial charge is 0.482 e. The Balaban J connectivity index is 1.36. The summed E-state index contributed by atoms with van der Waals surface area (Å²) in [6, 6.07) is 8.22. The molecule has 1 aromatic carbocycles. The third-order valence-electron chi connectivity index (χ3n) is 5.77. The number of carbonyl (C=O) groups excluding carboxylic acids is 1. The maximum absolute atomic E-state index is 13.0. The number of ether oxygens (including phenoxy) is 2. The highest BCUT2D eigenvalue weighted by molar-refractivity contribution is 5.82. The van der Waals surface area contributed by atoms with Crippen molar-refractivity contribution in [1.82, 2.24) is 9.80 Å². The molecule has 0 spiro atoms. The minimum absolute atomic E-state index is 0.0686. The molecule has 4 rings (SSSR count). The fourth-order valence-corrected chi connectivity index (χ4v) is 4.31. The van der Waals surface area contributed by atoms with Gasteiger partial charge in [0, 0.05) is 19.1 Å². The van der Waals surface area contributed by atoms with Gasteiger partial charge in [-0.2, -0.15) is 0 Å². The first-order valence-corrected chi connectivity index (χ1v) is 9.67. The molecule has 3 heterocycles. The lowest BCUT2D eigenvalue weighted by Crippen LogP contribution is -2.54. The molecule has 1 amide bonds. The van der Waals surface area contributed by atoms with E-state index < -0.39 is 6.10 Å². The Morgan fingerprint density at radius 3 is 2.28 bits per heavy atom. The summed E-state index contributed by atoms with van der Waals surface area (Å²) in [7, 11) is 0. The highest BCUT2D eigenvalue weighted by atomic mass is 16.6. The molecule has 5 nitrogen and oxygen atoms in total. The molecule has 2 fully saturated rings. The molecule has 0 unspecified atom stereocenters. The van der Waals surface area contributed by atoms with E-state index in [1.54, 1.807) is 0 Å². The molecule has 3 aliphatic rings. The van der Waals surface area contributed by atoms with Gasteiger partial charge in [-0.3, -0.25) is 4.79 Å². The Labute approximate surface area is 149 Å². The van der Waals surface area contributed by atoms with Gasteiger partial charge in [-0.05, 0) is 57.8 Å². The van der Waals surface area contributed by atoms with Gasteiger partial charge >= 0.3 is 0 Å². The van der Waals surface area contributed by atoms with Crippen LogP contribution in [0.25, 0.3) is 0 Å². The van der Waals surface area contributed by atoms with Crippen LogP contribution < -0.4 is 9.47 Å². The second-order valence-corrected chi connectivity index (χ2v) is 7.46. The van der Waals surface area contributed by atoms with Gasteiger partial charge in [0.1, 0.15) is 6.10 Å². The Bertz CT molecular complexity index is 607. The summed E-state index contributed by atoms with van der Waals surface area (Å²) in [4.78, 5) is 17.6. The van der Waals surface area contributed by atoms with Crippen LogP contribution in [0.2, 0.25) is 0 Å². The number of amides is 1. The predicted molar refractivity (Wildman–Crippen MR) is 96.0 cm³/mol. The van der Waals surface area contributed by atoms with Crippen LogP contribution in [0.5, 0.6) is 11.5 Å². The smallest absolute Gasteiger partial charge is 0.267 e. The van der Waals surface area contributed by atoms with Crippen molar-refractivity contribution in [2.45, 2.75) is 57.3 Å².